The van der Waals surface area contributed by atoms with Gasteiger partial charge in [0.1, 0.15) is 12.2 Å². The fourth-order valence-electron chi connectivity index (χ4n) is 1.65. The normalized spacial score (nSPS) is 15.4. The molecule has 92 valence electrons. The van der Waals surface area contributed by atoms with E-state index in [9.17, 15) is 9.59 Å². The molecule has 0 fully saturated rings. The Labute approximate surface area is 99.5 Å². The molecule has 6 heteroatoms. The number of carboxylic acid groups (broad SMARTS) is 1. The van der Waals surface area contributed by atoms with Crippen molar-refractivity contribution in [3.05, 3.63) is 11.3 Å². The van der Waals surface area contributed by atoms with Crippen LogP contribution < -0.4 is 5.32 Å². The average molecular weight is 237 g/mol. The number of nitrogens with one attached hydrogen (secondary N) is 1. The second-order valence-electron chi connectivity index (χ2n) is 4.29. The summed E-state index contributed by atoms with van der Waals surface area (Å²) in [6.07, 6.45) is 0. The van der Waals surface area contributed by atoms with Crippen LogP contribution in [0.4, 0.5) is 0 Å². The van der Waals surface area contributed by atoms with Crippen LogP contribution in [0.1, 0.15) is 13.8 Å². The standard InChI is InChI=1S/C11H15N3O3/c1-7(2)5-14-6-8(3-12)10(11(14)17)13-4-9(15)16/h7,13H,4-6H2,1-2H3,(H,15,16). The monoisotopic (exact) mass is 237 g/mol. The lowest BCUT2D eigenvalue weighted by Gasteiger charge is -2.18. The number of hydrogen-bond acceptors (Lipinski definition) is 4. The second kappa shape index (κ2) is 5.34. The Hall–Kier alpha value is -2.03. The van der Waals surface area contributed by atoms with Gasteiger partial charge in [-0.1, -0.05) is 13.8 Å². The van der Waals surface area contributed by atoms with Crippen molar-refractivity contribution in [1.82, 2.24) is 10.2 Å². The van der Waals surface area contributed by atoms with Crippen molar-refractivity contribution in [2.24, 2.45) is 5.92 Å². The highest BCUT2D eigenvalue weighted by atomic mass is 16.4. The average Bonchev–Trinajstić information content (AvgIpc) is 2.52. The quantitative estimate of drug-likeness (QED) is 0.698. The van der Waals surface area contributed by atoms with Gasteiger partial charge in [-0.3, -0.25) is 9.59 Å². The highest BCUT2D eigenvalue weighted by Crippen LogP contribution is 2.17. The molecule has 0 saturated carbocycles. The van der Waals surface area contributed by atoms with Crippen molar-refractivity contribution in [2.45, 2.75) is 13.8 Å². The Balaban J connectivity index is 2.75. The van der Waals surface area contributed by atoms with Crippen LogP contribution in [0.25, 0.3) is 0 Å². The van der Waals surface area contributed by atoms with E-state index in [1.165, 1.54) is 0 Å². The van der Waals surface area contributed by atoms with Gasteiger partial charge < -0.3 is 15.3 Å². The van der Waals surface area contributed by atoms with Gasteiger partial charge in [0.05, 0.1) is 18.2 Å². The first-order valence-electron chi connectivity index (χ1n) is 5.34. The molecule has 0 aromatic carbocycles. The van der Waals surface area contributed by atoms with Gasteiger partial charge in [-0.05, 0) is 5.92 Å². The van der Waals surface area contributed by atoms with E-state index in [4.69, 9.17) is 10.4 Å². The SMILES string of the molecule is CC(C)CN1CC(C#N)=C(NCC(=O)O)C1=O. The van der Waals surface area contributed by atoms with Gasteiger partial charge in [0, 0.05) is 6.54 Å². The molecule has 0 aliphatic carbocycles. The van der Waals surface area contributed by atoms with Crippen LogP contribution in [0, 0.1) is 17.2 Å². The highest BCUT2D eigenvalue weighted by Gasteiger charge is 2.30. The van der Waals surface area contributed by atoms with Crippen molar-refractivity contribution >= 4 is 11.9 Å². The summed E-state index contributed by atoms with van der Waals surface area (Å²) >= 11 is 0. The van der Waals surface area contributed by atoms with Crippen molar-refractivity contribution in [1.29, 1.82) is 5.26 Å². The lowest BCUT2D eigenvalue weighted by atomic mass is 10.2. The summed E-state index contributed by atoms with van der Waals surface area (Å²) in [6.45, 7) is 4.41. The fourth-order valence-corrected chi connectivity index (χ4v) is 1.65. The topological polar surface area (TPSA) is 93.4 Å². The molecule has 1 rings (SSSR count). The summed E-state index contributed by atoms with van der Waals surface area (Å²) in [4.78, 5) is 23.9. The minimum atomic E-state index is -1.06. The van der Waals surface area contributed by atoms with Crippen LogP contribution >= 0.6 is 0 Å². The predicted octanol–water partition coefficient (Wildman–Crippen LogP) is -0.0635. The molecular formula is C11H15N3O3. The van der Waals surface area contributed by atoms with E-state index in [1.807, 2.05) is 19.9 Å². The van der Waals surface area contributed by atoms with Crippen molar-refractivity contribution in [3.63, 3.8) is 0 Å². The molecule has 0 radical (unpaired) electrons. The molecule has 0 aromatic heterocycles. The van der Waals surface area contributed by atoms with Gasteiger partial charge in [0.2, 0.25) is 0 Å². The maximum absolute atomic E-state index is 11.9. The second-order valence-corrected chi connectivity index (χ2v) is 4.29. The number of nitriles is 1. The largest absolute Gasteiger partial charge is 0.480 e. The molecule has 1 aliphatic heterocycles. The zero-order valence-electron chi connectivity index (χ0n) is 9.86. The molecule has 0 spiro atoms. The Bertz CT molecular complexity index is 407. The molecule has 0 atom stereocenters. The van der Waals surface area contributed by atoms with E-state index in [-0.39, 0.29) is 24.7 Å². The molecule has 1 aliphatic rings. The summed E-state index contributed by atoms with van der Waals surface area (Å²) in [5.74, 6) is -1.06. The summed E-state index contributed by atoms with van der Waals surface area (Å²) < 4.78 is 0. The molecule has 1 heterocycles. The maximum atomic E-state index is 11.9. The predicted molar refractivity (Wildman–Crippen MR) is 59.7 cm³/mol. The third kappa shape index (κ3) is 3.21. The molecule has 0 saturated heterocycles. The van der Waals surface area contributed by atoms with Crippen LogP contribution in [0.15, 0.2) is 11.3 Å². The zero-order valence-corrected chi connectivity index (χ0v) is 9.86. The first-order chi connectivity index (χ1) is 7.95. The van der Waals surface area contributed by atoms with E-state index < -0.39 is 5.97 Å². The van der Waals surface area contributed by atoms with Crippen LogP contribution in [-0.4, -0.2) is 41.5 Å². The molecule has 1 amide bonds. The van der Waals surface area contributed by atoms with E-state index >= 15 is 0 Å². The number of rotatable bonds is 5. The lowest BCUT2D eigenvalue weighted by molar-refractivity contribution is -0.135. The van der Waals surface area contributed by atoms with Gasteiger partial charge >= 0.3 is 5.97 Å². The molecule has 17 heavy (non-hydrogen) atoms. The minimum absolute atomic E-state index is 0.121. The van der Waals surface area contributed by atoms with E-state index in [2.05, 4.69) is 5.32 Å². The first-order valence-corrected chi connectivity index (χ1v) is 5.34. The van der Waals surface area contributed by atoms with Crippen molar-refractivity contribution in [3.8, 4) is 6.07 Å². The van der Waals surface area contributed by atoms with Gasteiger partial charge in [0.15, 0.2) is 0 Å². The fraction of sp³-hybridized carbons (Fsp3) is 0.545. The maximum Gasteiger partial charge on any atom is 0.322 e. The Morgan fingerprint density at radius 3 is 2.76 bits per heavy atom. The van der Waals surface area contributed by atoms with Gasteiger partial charge in [-0.2, -0.15) is 5.26 Å². The van der Waals surface area contributed by atoms with Crippen LogP contribution in [0.3, 0.4) is 0 Å². The Kier molecular flexibility index (Phi) is 4.10. The van der Waals surface area contributed by atoms with Crippen molar-refractivity contribution in [2.75, 3.05) is 19.6 Å². The molecule has 0 aromatic rings. The molecule has 0 bridgehead atoms. The third-order valence-electron chi connectivity index (χ3n) is 2.29. The number of carbonyl (C=O) groups excluding carboxylic acids is 1. The Morgan fingerprint density at radius 2 is 2.29 bits per heavy atom. The Morgan fingerprint density at radius 1 is 1.65 bits per heavy atom. The van der Waals surface area contributed by atoms with Gasteiger partial charge in [0.25, 0.3) is 5.91 Å². The van der Waals surface area contributed by atoms with Gasteiger partial charge in [-0.15, -0.1) is 0 Å². The molecule has 6 nitrogen and oxygen atoms in total. The smallest absolute Gasteiger partial charge is 0.322 e. The van der Waals surface area contributed by atoms with E-state index in [1.54, 1.807) is 4.90 Å². The number of nitrogens with zero attached hydrogens (tertiary/aromatic N) is 2. The lowest BCUT2D eigenvalue weighted by Crippen LogP contribution is -2.34. The number of hydrogen-bond donors (Lipinski definition) is 2. The summed E-state index contributed by atoms with van der Waals surface area (Å²) in [7, 11) is 0. The molecular weight excluding hydrogens is 222 g/mol. The molecule has 2 N–H and O–H groups in total. The van der Waals surface area contributed by atoms with Crippen LogP contribution in [0.5, 0.6) is 0 Å². The summed E-state index contributed by atoms with van der Waals surface area (Å²) in [5, 5.41) is 19.9. The first kappa shape index (κ1) is 13.0. The number of carboxylic acids is 1. The molecule has 0 unspecified atom stereocenters. The van der Waals surface area contributed by atoms with Gasteiger partial charge in [-0.25, -0.2) is 0 Å². The van der Waals surface area contributed by atoms with Crippen molar-refractivity contribution < 1.29 is 14.7 Å². The third-order valence-corrected chi connectivity index (χ3v) is 2.29. The number of carbonyl (C=O) groups is 2. The van der Waals surface area contributed by atoms with E-state index in [0.29, 0.717) is 18.0 Å². The number of aliphatic carboxylic acids is 1. The highest BCUT2D eigenvalue weighted by molar-refractivity contribution is 5.97. The van der Waals surface area contributed by atoms with Crippen LogP contribution in [0.2, 0.25) is 0 Å². The van der Waals surface area contributed by atoms with Crippen LogP contribution in [-0.2, 0) is 9.59 Å². The number of amides is 1. The summed E-state index contributed by atoms with van der Waals surface area (Å²) in [5.41, 5.74) is 0.424. The zero-order chi connectivity index (χ0) is 13.0. The van der Waals surface area contributed by atoms with E-state index in [0.717, 1.165) is 0 Å². The summed E-state index contributed by atoms with van der Waals surface area (Å²) in [6, 6.07) is 1.93. The minimum Gasteiger partial charge on any atom is -0.480 e.